The van der Waals surface area contributed by atoms with Crippen LogP contribution in [0.3, 0.4) is 0 Å². The molecule has 0 spiro atoms. The summed E-state index contributed by atoms with van der Waals surface area (Å²) in [6.07, 6.45) is -9.19. The van der Waals surface area contributed by atoms with Crippen LogP contribution in [0, 0.1) is 0 Å². The van der Waals surface area contributed by atoms with E-state index in [-0.39, 0.29) is 18.8 Å². The van der Waals surface area contributed by atoms with Crippen LogP contribution in [0.5, 0.6) is 0 Å². The Balaban J connectivity index is 1.55. The molecule has 1 aliphatic rings. The van der Waals surface area contributed by atoms with Crippen LogP contribution < -0.4 is 0 Å². The van der Waals surface area contributed by atoms with Gasteiger partial charge in [0.25, 0.3) is 0 Å². The van der Waals surface area contributed by atoms with Crippen molar-refractivity contribution in [2.45, 2.75) is 43.9 Å². The predicted octanol–water partition coefficient (Wildman–Crippen LogP) is 4.02. The van der Waals surface area contributed by atoms with Crippen LogP contribution in [0.25, 0.3) is 0 Å². The van der Waals surface area contributed by atoms with Crippen LogP contribution in [0.4, 0.5) is 9.59 Å². The van der Waals surface area contributed by atoms with E-state index in [1.54, 1.807) is 66.7 Å². The van der Waals surface area contributed by atoms with Gasteiger partial charge in [-0.2, -0.15) is 0 Å². The summed E-state index contributed by atoms with van der Waals surface area (Å²) in [5.41, 5.74) is 1.60. The number of rotatable bonds is 10. The second-order valence-corrected chi connectivity index (χ2v) is 8.91. The van der Waals surface area contributed by atoms with E-state index >= 15 is 0 Å². The number of aliphatic hydroxyl groups is 1. The first-order valence-electron chi connectivity index (χ1n) is 12.8. The number of ether oxygens (including phenoxy) is 7. The first-order chi connectivity index (χ1) is 20.0. The monoisotopic (exact) mass is 566 g/mol. The van der Waals surface area contributed by atoms with Gasteiger partial charge >= 0.3 is 18.3 Å². The zero-order chi connectivity index (χ0) is 29.0. The maximum Gasteiger partial charge on any atom is 0.509 e. The molecule has 0 amide bonds. The van der Waals surface area contributed by atoms with Gasteiger partial charge in [0.2, 0.25) is 0 Å². The summed E-state index contributed by atoms with van der Waals surface area (Å²) < 4.78 is 38.2. The van der Waals surface area contributed by atoms with E-state index in [0.717, 1.165) is 0 Å². The maximum absolute atomic E-state index is 13.0. The van der Waals surface area contributed by atoms with E-state index < -0.39 is 55.6 Å². The van der Waals surface area contributed by atoms with Crippen LogP contribution in [0.2, 0.25) is 0 Å². The lowest BCUT2D eigenvalue weighted by Crippen LogP contribution is -2.62. The van der Waals surface area contributed by atoms with E-state index in [0.29, 0.717) is 11.1 Å². The first kappa shape index (κ1) is 29.5. The summed E-state index contributed by atoms with van der Waals surface area (Å²) in [5, 5.41) is 10.1. The van der Waals surface area contributed by atoms with Gasteiger partial charge in [-0.15, -0.1) is 0 Å². The molecule has 0 saturated carbocycles. The molecule has 4 rings (SSSR count). The summed E-state index contributed by atoms with van der Waals surface area (Å²) >= 11 is 0. The van der Waals surface area contributed by atoms with Crippen molar-refractivity contribution in [1.82, 2.24) is 0 Å². The van der Waals surface area contributed by atoms with E-state index in [1.165, 1.54) is 19.2 Å². The van der Waals surface area contributed by atoms with Crippen molar-refractivity contribution < 1.29 is 52.6 Å². The standard InChI is InChI=1S/C30H30O11/c1-35-28-26(41-30(34)37-19-21-13-7-3-8-14-21)25(40-29(33)36-18-20-11-5-2-6-12-20)24(23(17-31)38-28)39-27(32)22-15-9-4-10-16-22/h2-16,23-26,28,31H,17-19H2,1H3/t23-,24-,25+,26-,28+/m1/s1. The number of esters is 1. The Morgan fingerprint density at radius 3 is 1.66 bits per heavy atom. The molecule has 11 heteroatoms. The van der Waals surface area contributed by atoms with Gasteiger partial charge in [0, 0.05) is 7.11 Å². The summed E-state index contributed by atoms with van der Waals surface area (Å²) in [7, 11) is 1.27. The molecular formula is C30H30O11. The fourth-order valence-electron chi connectivity index (χ4n) is 4.11. The summed E-state index contributed by atoms with van der Waals surface area (Å²) in [6.45, 7) is -0.850. The summed E-state index contributed by atoms with van der Waals surface area (Å²) in [6, 6.07) is 25.8. The van der Waals surface area contributed by atoms with Crippen LogP contribution >= 0.6 is 0 Å². The molecule has 1 aliphatic heterocycles. The molecule has 0 unspecified atom stereocenters. The molecule has 1 N–H and O–H groups in total. The van der Waals surface area contributed by atoms with Gasteiger partial charge in [-0.1, -0.05) is 78.9 Å². The summed E-state index contributed by atoms with van der Waals surface area (Å²) in [4.78, 5) is 38.5. The fraction of sp³-hybridized carbons (Fsp3) is 0.300. The van der Waals surface area contributed by atoms with Crippen LogP contribution in [-0.4, -0.2) is 67.8 Å². The van der Waals surface area contributed by atoms with E-state index in [1.807, 2.05) is 12.1 Å². The number of carbonyl (C=O) groups is 3. The van der Waals surface area contributed by atoms with Crippen LogP contribution in [0.1, 0.15) is 21.5 Å². The Morgan fingerprint density at radius 1 is 0.683 bits per heavy atom. The van der Waals surface area contributed by atoms with Gasteiger partial charge in [-0.3, -0.25) is 0 Å². The third-order valence-corrected chi connectivity index (χ3v) is 6.12. The van der Waals surface area contributed by atoms with Crippen LogP contribution in [-0.2, 0) is 46.4 Å². The average molecular weight is 567 g/mol. The lowest BCUT2D eigenvalue weighted by Gasteiger charge is -2.43. The molecule has 1 fully saturated rings. The Hall–Kier alpha value is -4.45. The molecule has 0 bridgehead atoms. The van der Waals surface area contributed by atoms with E-state index in [2.05, 4.69) is 0 Å². The normalized spacial score (nSPS) is 21.8. The smallest absolute Gasteiger partial charge is 0.452 e. The number of aliphatic hydroxyl groups excluding tert-OH is 1. The highest BCUT2D eigenvalue weighted by Gasteiger charge is 2.53. The van der Waals surface area contributed by atoms with Gasteiger partial charge in [0.15, 0.2) is 24.6 Å². The minimum absolute atomic E-state index is 0.0960. The second-order valence-electron chi connectivity index (χ2n) is 8.91. The second kappa shape index (κ2) is 14.8. The fourth-order valence-corrected chi connectivity index (χ4v) is 4.11. The van der Waals surface area contributed by atoms with Crippen molar-refractivity contribution in [3.8, 4) is 0 Å². The minimum atomic E-state index is -1.51. The van der Waals surface area contributed by atoms with Crippen molar-refractivity contribution >= 4 is 18.3 Å². The number of carbonyl (C=O) groups excluding carboxylic acids is 3. The average Bonchev–Trinajstić information content (AvgIpc) is 3.02. The molecule has 5 atom stereocenters. The molecule has 3 aromatic carbocycles. The Labute approximate surface area is 236 Å². The number of hydrogen-bond donors (Lipinski definition) is 1. The lowest BCUT2D eigenvalue weighted by molar-refractivity contribution is -0.296. The molecule has 0 aliphatic carbocycles. The third kappa shape index (κ3) is 8.27. The SMILES string of the molecule is CO[C@H]1O[C@H](CO)[C@@H](OC(=O)c2ccccc2)[C@H](OC(=O)OCc2ccccc2)[C@H]1OC(=O)OCc1ccccc1. The van der Waals surface area contributed by atoms with Gasteiger partial charge in [0.1, 0.15) is 19.3 Å². The number of benzene rings is 3. The quantitative estimate of drug-likeness (QED) is 0.281. The molecule has 0 aromatic heterocycles. The molecule has 0 radical (unpaired) electrons. The van der Waals surface area contributed by atoms with Crippen LogP contribution in [0.15, 0.2) is 91.0 Å². The van der Waals surface area contributed by atoms with E-state index in [9.17, 15) is 19.5 Å². The zero-order valence-corrected chi connectivity index (χ0v) is 22.2. The molecule has 1 saturated heterocycles. The van der Waals surface area contributed by atoms with Crippen molar-refractivity contribution in [2.75, 3.05) is 13.7 Å². The maximum atomic E-state index is 13.0. The molecular weight excluding hydrogens is 536 g/mol. The molecule has 11 nitrogen and oxygen atoms in total. The Bertz CT molecular complexity index is 1250. The van der Waals surface area contributed by atoms with Crippen molar-refractivity contribution in [2.24, 2.45) is 0 Å². The topological polar surface area (TPSA) is 136 Å². The predicted molar refractivity (Wildman–Crippen MR) is 141 cm³/mol. The number of hydrogen-bond acceptors (Lipinski definition) is 11. The molecule has 216 valence electrons. The zero-order valence-electron chi connectivity index (χ0n) is 22.2. The van der Waals surface area contributed by atoms with Gasteiger partial charge < -0.3 is 38.3 Å². The van der Waals surface area contributed by atoms with E-state index in [4.69, 9.17) is 33.2 Å². The summed E-state index contributed by atoms with van der Waals surface area (Å²) in [5.74, 6) is -0.787. The molecule has 1 heterocycles. The minimum Gasteiger partial charge on any atom is -0.452 e. The van der Waals surface area contributed by atoms with Gasteiger partial charge in [-0.05, 0) is 23.3 Å². The van der Waals surface area contributed by atoms with Gasteiger partial charge in [0.05, 0.1) is 12.2 Å². The lowest BCUT2D eigenvalue weighted by atomic mass is 9.98. The largest absolute Gasteiger partial charge is 0.509 e. The highest BCUT2D eigenvalue weighted by atomic mass is 16.8. The Morgan fingerprint density at radius 2 is 1.17 bits per heavy atom. The molecule has 3 aromatic rings. The van der Waals surface area contributed by atoms with Crippen molar-refractivity contribution in [3.05, 3.63) is 108 Å². The highest BCUT2D eigenvalue weighted by Crippen LogP contribution is 2.30. The molecule has 41 heavy (non-hydrogen) atoms. The van der Waals surface area contributed by atoms with Crippen molar-refractivity contribution in [1.29, 1.82) is 0 Å². The highest BCUT2D eigenvalue weighted by molar-refractivity contribution is 5.89. The number of methoxy groups -OCH3 is 1. The Kier molecular flexibility index (Phi) is 10.7. The third-order valence-electron chi connectivity index (χ3n) is 6.12. The first-order valence-corrected chi connectivity index (χ1v) is 12.8. The van der Waals surface area contributed by atoms with Crippen molar-refractivity contribution in [3.63, 3.8) is 0 Å². The van der Waals surface area contributed by atoms with Gasteiger partial charge in [-0.25, -0.2) is 14.4 Å².